The molecule has 0 spiro atoms. The number of rotatable bonds is 3. The molecule has 0 aliphatic heterocycles. The molecule has 0 bridgehead atoms. The summed E-state index contributed by atoms with van der Waals surface area (Å²) in [5.41, 5.74) is 3.70. The van der Waals surface area contributed by atoms with Gasteiger partial charge in [0.2, 0.25) is 0 Å². The first-order chi connectivity index (χ1) is 6.24. The molecule has 0 nitrogen and oxygen atoms in total. The minimum Gasteiger partial charge on any atom is -0.0955 e. The van der Waals surface area contributed by atoms with Crippen molar-refractivity contribution in [2.24, 2.45) is 0 Å². The molecule has 0 aliphatic rings. The first-order valence-corrected chi connectivity index (χ1v) is 4.60. The van der Waals surface area contributed by atoms with Gasteiger partial charge in [-0.25, -0.2) is 0 Å². The average Bonchev–Trinajstić information content (AvgIpc) is 2.15. The Morgan fingerprint density at radius 1 is 1.31 bits per heavy atom. The summed E-state index contributed by atoms with van der Waals surface area (Å²) in [5, 5.41) is 0. The Morgan fingerprint density at radius 3 is 2.38 bits per heavy atom. The van der Waals surface area contributed by atoms with Crippen molar-refractivity contribution in [1.82, 2.24) is 0 Å². The average molecular weight is 172 g/mol. The molecule has 0 aromatic heterocycles. The van der Waals surface area contributed by atoms with E-state index in [0.29, 0.717) is 0 Å². The molecule has 1 aromatic carbocycles. The Bertz CT molecular complexity index is 301. The molecule has 0 saturated heterocycles. The van der Waals surface area contributed by atoms with Gasteiger partial charge in [-0.2, -0.15) is 0 Å². The highest BCUT2D eigenvalue weighted by atomic mass is 14.0. The van der Waals surface area contributed by atoms with Gasteiger partial charge in [0.25, 0.3) is 0 Å². The summed E-state index contributed by atoms with van der Waals surface area (Å²) in [6.45, 7) is 7.98. The predicted octanol–water partition coefficient (Wildman–Crippen LogP) is 3.84. The van der Waals surface area contributed by atoms with Gasteiger partial charge in [0.1, 0.15) is 0 Å². The maximum absolute atomic E-state index is 3.90. The van der Waals surface area contributed by atoms with Crippen molar-refractivity contribution in [3.05, 3.63) is 54.1 Å². The Labute approximate surface area is 80.6 Å². The van der Waals surface area contributed by atoms with E-state index in [1.807, 2.05) is 13.8 Å². The summed E-state index contributed by atoms with van der Waals surface area (Å²) >= 11 is 0. The van der Waals surface area contributed by atoms with Gasteiger partial charge in [0.15, 0.2) is 0 Å². The summed E-state index contributed by atoms with van der Waals surface area (Å²) < 4.78 is 0. The highest BCUT2D eigenvalue weighted by Crippen LogP contribution is 2.12. The summed E-state index contributed by atoms with van der Waals surface area (Å²) in [4.78, 5) is 0. The van der Waals surface area contributed by atoms with E-state index in [1.54, 1.807) is 0 Å². The van der Waals surface area contributed by atoms with E-state index in [0.717, 1.165) is 12.0 Å². The van der Waals surface area contributed by atoms with E-state index in [9.17, 15) is 0 Å². The minimum absolute atomic E-state index is 1.02. The highest BCUT2D eigenvalue weighted by molar-refractivity contribution is 5.61. The van der Waals surface area contributed by atoms with E-state index in [4.69, 9.17) is 0 Å². The van der Waals surface area contributed by atoms with Gasteiger partial charge in [0.05, 0.1) is 0 Å². The van der Waals surface area contributed by atoms with Gasteiger partial charge >= 0.3 is 0 Å². The minimum atomic E-state index is 1.02. The smallest absolute Gasteiger partial charge is 0.00976 e. The van der Waals surface area contributed by atoms with Crippen LogP contribution in [0.2, 0.25) is 0 Å². The molecule has 0 unspecified atom stereocenters. The van der Waals surface area contributed by atoms with Crippen molar-refractivity contribution in [2.75, 3.05) is 0 Å². The maximum Gasteiger partial charge on any atom is -0.00976 e. The van der Waals surface area contributed by atoms with E-state index in [1.165, 1.54) is 11.1 Å². The zero-order chi connectivity index (χ0) is 9.68. The lowest BCUT2D eigenvalue weighted by Gasteiger charge is -2.00. The van der Waals surface area contributed by atoms with E-state index in [2.05, 4.69) is 43.0 Å². The number of hydrogen-bond acceptors (Lipinski definition) is 0. The van der Waals surface area contributed by atoms with Crippen LogP contribution in [-0.4, -0.2) is 0 Å². The second-order valence-electron chi connectivity index (χ2n) is 3.25. The Balaban J connectivity index is 2.75. The van der Waals surface area contributed by atoms with Gasteiger partial charge in [-0.1, -0.05) is 48.6 Å². The standard InChI is InChI=1S/C13H16/c1-4-5-6-12-7-9-13(10-8-12)11(2)3/h4-5,7-10H,2,6H2,1,3H3. The fourth-order valence-electron chi connectivity index (χ4n) is 1.18. The molecule has 0 N–H and O–H groups in total. The molecule has 0 fully saturated rings. The fraction of sp³-hybridized carbons (Fsp3) is 0.231. The Hall–Kier alpha value is -1.30. The van der Waals surface area contributed by atoms with Crippen molar-refractivity contribution in [3.63, 3.8) is 0 Å². The van der Waals surface area contributed by atoms with Crippen LogP contribution in [-0.2, 0) is 6.42 Å². The van der Waals surface area contributed by atoms with Crippen LogP contribution in [0.5, 0.6) is 0 Å². The van der Waals surface area contributed by atoms with Crippen LogP contribution < -0.4 is 0 Å². The third-order valence-electron chi connectivity index (χ3n) is 2.04. The van der Waals surface area contributed by atoms with Gasteiger partial charge < -0.3 is 0 Å². The van der Waals surface area contributed by atoms with E-state index < -0.39 is 0 Å². The zero-order valence-corrected chi connectivity index (χ0v) is 8.38. The molecule has 0 heteroatoms. The topological polar surface area (TPSA) is 0 Å². The SMILES string of the molecule is C=C(C)c1ccc(CC=CC)cc1. The molecule has 0 heterocycles. The first kappa shape index (κ1) is 9.79. The predicted molar refractivity (Wildman–Crippen MR) is 59.7 cm³/mol. The molecule has 0 saturated carbocycles. The lowest BCUT2D eigenvalue weighted by atomic mass is 10.1. The van der Waals surface area contributed by atoms with Gasteiger partial charge in [-0.05, 0) is 31.4 Å². The molecule has 0 atom stereocenters. The number of benzene rings is 1. The zero-order valence-electron chi connectivity index (χ0n) is 8.38. The van der Waals surface area contributed by atoms with Crippen LogP contribution in [0.25, 0.3) is 5.57 Å². The molecule has 0 radical (unpaired) electrons. The molecular formula is C13H16. The second-order valence-corrected chi connectivity index (χ2v) is 3.25. The van der Waals surface area contributed by atoms with Crippen LogP contribution >= 0.6 is 0 Å². The van der Waals surface area contributed by atoms with Crippen LogP contribution in [0.3, 0.4) is 0 Å². The quantitative estimate of drug-likeness (QED) is 0.608. The first-order valence-electron chi connectivity index (χ1n) is 4.60. The third kappa shape index (κ3) is 2.90. The summed E-state index contributed by atoms with van der Waals surface area (Å²) in [6.07, 6.45) is 5.26. The van der Waals surface area contributed by atoms with Crippen LogP contribution in [0.4, 0.5) is 0 Å². The van der Waals surface area contributed by atoms with Crippen LogP contribution in [0.15, 0.2) is 43.0 Å². The molecule has 68 valence electrons. The lowest BCUT2D eigenvalue weighted by molar-refractivity contribution is 1.26. The Kier molecular flexibility index (Phi) is 3.51. The van der Waals surface area contributed by atoms with Crippen molar-refractivity contribution in [2.45, 2.75) is 20.3 Å². The molecule has 0 amide bonds. The summed E-state index contributed by atoms with van der Waals surface area (Å²) in [5.74, 6) is 0. The fourth-order valence-corrected chi connectivity index (χ4v) is 1.18. The van der Waals surface area contributed by atoms with E-state index >= 15 is 0 Å². The molecular weight excluding hydrogens is 156 g/mol. The monoisotopic (exact) mass is 172 g/mol. The molecule has 1 rings (SSSR count). The van der Waals surface area contributed by atoms with Crippen molar-refractivity contribution < 1.29 is 0 Å². The van der Waals surface area contributed by atoms with Crippen molar-refractivity contribution in [3.8, 4) is 0 Å². The third-order valence-corrected chi connectivity index (χ3v) is 2.04. The number of hydrogen-bond donors (Lipinski definition) is 0. The van der Waals surface area contributed by atoms with Gasteiger partial charge in [-0.15, -0.1) is 0 Å². The normalized spacial score (nSPS) is 10.6. The second kappa shape index (κ2) is 4.66. The maximum atomic E-state index is 3.90. The van der Waals surface area contributed by atoms with Gasteiger partial charge in [0, 0.05) is 0 Å². The van der Waals surface area contributed by atoms with E-state index in [-0.39, 0.29) is 0 Å². The Morgan fingerprint density at radius 2 is 1.92 bits per heavy atom. The molecule has 0 aliphatic carbocycles. The summed E-state index contributed by atoms with van der Waals surface area (Å²) in [7, 11) is 0. The lowest BCUT2D eigenvalue weighted by Crippen LogP contribution is -1.82. The van der Waals surface area contributed by atoms with Crippen LogP contribution in [0.1, 0.15) is 25.0 Å². The van der Waals surface area contributed by atoms with Gasteiger partial charge in [-0.3, -0.25) is 0 Å². The largest absolute Gasteiger partial charge is 0.0955 e. The highest BCUT2D eigenvalue weighted by Gasteiger charge is 1.92. The molecule has 1 aromatic rings. The van der Waals surface area contributed by atoms with Crippen molar-refractivity contribution in [1.29, 1.82) is 0 Å². The molecule has 13 heavy (non-hydrogen) atoms. The van der Waals surface area contributed by atoms with Crippen LogP contribution in [0, 0.1) is 0 Å². The van der Waals surface area contributed by atoms with Crippen molar-refractivity contribution >= 4 is 5.57 Å². The number of allylic oxidation sites excluding steroid dienone is 3. The summed E-state index contributed by atoms with van der Waals surface area (Å²) in [6, 6.07) is 8.57.